The van der Waals surface area contributed by atoms with Crippen LogP contribution in [0.1, 0.15) is 69.8 Å². The van der Waals surface area contributed by atoms with Crippen LogP contribution in [0.25, 0.3) is 0 Å². The molecule has 0 unspecified atom stereocenters. The Hall–Kier alpha value is -0.910. The average molecular weight is 382 g/mol. The van der Waals surface area contributed by atoms with Gasteiger partial charge >= 0.3 is 0 Å². The summed E-state index contributed by atoms with van der Waals surface area (Å²) in [6, 6.07) is 7.51. The molecular formula is C21H35NO3S. The summed E-state index contributed by atoms with van der Waals surface area (Å²) in [6.07, 6.45) is 11.4. The molecule has 2 rings (SSSR count). The van der Waals surface area contributed by atoms with Crippen LogP contribution in [0.15, 0.2) is 29.2 Å². The second-order valence-electron chi connectivity index (χ2n) is 7.37. The summed E-state index contributed by atoms with van der Waals surface area (Å²) < 4.78 is 31.1. The highest BCUT2D eigenvalue weighted by atomic mass is 32.2. The number of nitrogens with two attached hydrogens (primary N) is 1. The molecule has 0 spiro atoms. The summed E-state index contributed by atoms with van der Waals surface area (Å²) in [5.74, 6) is 0. The van der Waals surface area contributed by atoms with Gasteiger partial charge in [-0.05, 0) is 62.8 Å². The van der Waals surface area contributed by atoms with Crippen molar-refractivity contribution in [2.45, 2.75) is 80.8 Å². The molecule has 0 heterocycles. The molecule has 1 aliphatic carbocycles. The maximum absolute atomic E-state index is 12.7. The maximum atomic E-state index is 12.7. The van der Waals surface area contributed by atoms with Crippen molar-refractivity contribution in [2.75, 3.05) is 19.8 Å². The van der Waals surface area contributed by atoms with Crippen molar-refractivity contribution in [1.82, 2.24) is 0 Å². The van der Waals surface area contributed by atoms with E-state index in [1.54, 1.807) is 6.07 Å². The molecule has 1 aliphatic rings. The number of ether oxygens (including phenoxy) is 1. The zero-order valence-electron chi connectivity index (χ0n) is 16.0. The van der Waals surface area contributed by atoms with E-state index in [2.05, 4.69) is 0 Å². The monoisotopic (exact) mass is 381 g/mol. The van der Waals surface area contributed by atoms with Gasteiger partial charge in [-0.3, -0.25) is 0 Å². The van der Waals surface area contributed by atoms with Gasteiger partial charge in [-0.1, -0.05) is 44.2 Å². The van der Waals surface area contributed by atoms with Gasteiger partial charge in [0.05, 0.1) is 10.1 Å². The van der Waals surface area contributed by atoms with Crippen LogP contribution in [0.4, 0.5) is 0 Å². The number of hydrogen-bond acceptors (Lipinski definition) is 4. The number of sulfone groups is 1. The zero-order chi connectivity index (χ0) is 18.7. The summed E-state index contributed by atoms with van der Waals surface area (Å²) in [6.45, 7) is 2.35. The van der Waals surface area contributed by atoms with Crippen LogP contribution in [-0.2, 0) is 21.0 Å². The number of benzene rings is 1. The fourth-order valence-electron chi connectivity index (χ4n) is 3.63. The average Bonchev–Trinajstić information content (AvgIpc) is 3.19. The van der Waals surface area contributed by atoms with Crippen LogP contribution < -0.4 is 5.73 Å². The second kappa shape index (κ2) is 11.7. The molecule has 4 nitrogen and oxygen atoms in total. The molecule has 5 heteroatoms. The first-order valence-electron chi connectivity index (χ1n) is 10.3. The standard InChI is InChI=1S/C21H35NO3S/c22-15-6-2-1-3-7-16-25-17-9-11-19-10-8-14-21(18-19)26(23,24)20-12-4-5-13-20/h8,10,14,18,20H,1-7,9,11-13,15-17,22H2. The van der Waals surface area contributed by atoms with Crippen LogP contribution in [0.5, 0.6) is 0 Å². The van der Waals surface area contributed by atoms with Gasteiger partial charge in [0, 0.05) is 13.2 Å². The Morgan fingerprint density at radius 1 is 0.962 bits per heavy atom. The molecule has 0 amide bonds. The lowest BCUT2D eigenvalue weighted by Gasteiger charge is -2.12. The van der Waals surface area contributed by atoms with Gasteiger partial charge in [0.15, 0.2) is 9.84 Å². The SMILES string of the molecule is NCCCCCCCOCCCc1cccc(S(=O)(=O)C2CCCC2)c1. The minimum Gasteiger partial charge on any atom is -0.381 e. The Morgan fingerprint density at radius 3 is 2.42 bits per heavy atom. The number of unbranched alkanes of at least 4 members (excludes halogenated alkanes) is 4. The van der Waals surface area contributed by atoms with E-state index in [0.29, 0.717) is 4.90 Å². The van der Waals surface area contributed by atoms with Crippen LogP contribution >= 0.6 is 0 Å². The summed E-state index contributed by atoms with van der Waals surface area (Å²) in [5, 5.41) is -0.175. The van der Waals surface area contributed by atoms with Gasteiger partial charge in [-0.2, -0.15) is 0 Å². The zero-order valence-corrected chi connectivity index (χ0v) is 16.8. The highest BCUT2D eigenvalue weighted by Crippen LogP contribution is 2.29. The van der Waals surface area contributed by atoms with Gasteiger partial charge in [-0.25, -0.2) is 8.42 Å². The van der Waals surface area contributed by atoms with E-state index in [-0.39, 0.29) is 5.25 Å². The summed E-state index contributed by atoms with van der Waals surface area (Å²) >= 11 is 0. The van der Waals surface area contributed by atoms with Gasteiger partial charge < -0.3 is 10.5 Å². The van der Waals surface area contributed by atoms with Crippen molar-refractivity contribution in [3.8, 4) is 0 Å². The molecule has 148 valence electrons. The predicted octanol–water partition coefficient (Wildman–Crippen LogP) is 4.26. The van der Waals surface area contributed by atoms with E-state index < -0.39 is 9.84 Å². The molecule has 0 saturated heterocycles. The van der Waals surface area contributed by atoms with E-state index in [1.807, 2.05) is 18.2 Å². The van der Waals surface area contributed by atoms with Gasteiger partial charge in [0.1, 0.15) is 0 Å². The Balaban J connectivity index is 1.66. The van der Waals surface area contributed by atoms with Gasteiger partial charge in [-0.15, -0.1) is 0 Å². The topological polar surface area (TPSA) is 69.4 Å². The quantitative estimate of drug-likeness (QED) is 0.518. The molecule has 0 radical (unpaired) electrons. The highest BCUT2D eigenvalue weighted by Gasteiger charge is 2.30. The Labute approximate surface area is 159 Å². The van der Waals surface area contributed by atoms with E-state index in [1.165, 1.54) is 19.3 Å². The molecule has 0 bridgehead atoms. The molecule has 0 aromatic heterocycles. The molecule has 1 saturated carbocycles. The van der Waals surface area contributed by atoms with Crippen LogP contribution in [-0.4, -0.2) is 33.4 Å². The minimum absolute atomic E-state index is 0.175. The maximum Gasteiger partial charge on any atom is 0.181 e. The van der Waals surface area contributed by atoms with Gasteiger partial charge in [0.2, 0.25) is 0 Å². The van der Waals surface area contributed by atoms with Crippen molar-refractivity contribution in [2.24, 2.45) is 5.73 Å². The molecule has 0 atom stereocenters. The van der Waals surface area contributed by atoms with E-state index in [4.69, 9.17) is 10.5 Å². The lowest BCUT2D eigenvalue weighted by atomic mass is 10.1. The van der Waals surface area contributed by atoms with Crippen molar-refractivity contribution < 1.29 is 13.2 Å². The highest BCUT2D eigenvalue weighted by molar-refractivity contribution is 7.92. The Kier molecular flexibility index (Phi) is 9.65. The fourth-order valence-corrected chi connectivity index (χ4v) is 5.55. The fraction of sp³-hybridized carbons (Fsp3) is 0.714. The molecule has 0 aliphatic heterocycles. The number of hydrogen-bond donors (Lipinski definition) is 1. The second-order valence-corrected chi connectivity index (χ2v) is 9.60. The van der Waals surface area contributed by atoms with Crippen molar-refractivity contribution >= 4 is 9.84 Å². The number of rotatable bonds is 13. The first kappa shape index (κ1) is 21.4. The molecule has 2 N–H and O–H groups in total. The third-order valence-corrected chi connectivity index (χ3v) is 7.48. The number of aryl methyl sites for hydroxylation is 1. The smallest absolute Gasteiger partial charge is 0.181 e. The normalized spacial score (nSPS) is 15.6. The minimum atomic E-state index is -3.15. The molecule has 1 fully saturated rings. The van der Waals surface area contributed by atoms with Gasteiger partial charge in [0.25, 0.3) is 0 Å². The Bertz CT molecular complexity index is 609. The van der Waals surface area contributed by atoms with Crippen LogP contribution in [0.2, 0.25) is 0 Å². The first-order valence-corrected chi connectivity index (χ1v) is 11.8. The predicted molar refractivity (Wildman–Crippen MR) is 107 cm³/mol. The molecule has 1 aromatic carbocycles. The lowest BCUT2D eigenvalue weighted by molar-refractivity contribution is 0.127. The van der Waals surface area contributed by atoms with Crippen molar-refractivity contribution in [1.29, 1.82) is 0 Å². The molecule has 26 heavy (non-hydrogen) atoms. The largest absolute Gasteiger partial charge is 0.381 e. The third-order valence-electron chi connectivity index (χ3n) is 5.21. The van der Waals surface area contributed by atoms with E-state index >= 15 is 0 Å². The summed E-state index contributed by atoms with van der Waals surface area (Å²) in [4.78, 5) is 0.500. The van der Waals surface area contributed by atoms with Crippen LogP contribution in [0.3, 0.4) is 0 Å². The van der Waals surface area contributed by atoms with E-state index in [0.717, 1.165) is 76.7 Å². The molecule has 1 aromatic rings. The lowest BCUT2D eigenvalue weighted by Crippen LogP contribution is -2.17. The van der Waals surface area contributed by atoms with Crippen molar-refractivity contribution in [3.63, 3.8) is 0 Å². The summed E-state index contributed by atoms with van der Waals surface area (Å²) in [7, 11) is -3.15. The summed E-state index contributed by atoms with van der Waals surface area (Å²) in [5.41, 5.74) is 6.57. The van der Waals surface area contributed by atoms with Crippen LogP contribution in [0, 0.1) is 0 Å². The van der Waals surface area contributed by atoms with Crippen molar-refractivity contribution in [3.05, 3.63) is 29.8 Å². The first-order chi connectivity index (χ1) is 12.6. The molecular weight excluding hydrogens is 346 g/mol. The van der Waals surface area contributed by atoms with E-state index in [9.17, 15) is 8.42 Å². The Morgan fingerprint density at radius 2 is 1.65 bits per heavy atom. The third kappa shape index (κ3) is 7.01.